The number of hydrogen-bond donors (Lipinski definition) is 1. The van der Waals surface area contributed by atoms with Crippen molar-refractivity contribution in [2.75, 3.05) is 18.0 Å². The van der Waals surface area contributed by atoms with Crippen molar-refractivity contribution in [2.45, 2.75) is 33.2 Å². The topological polar surface area (TPSA) is 32.3 Å². The molecule has 0 bridgehead atoms. The van der Waals surface area contributed by atoms with Gasteiger partial charge >= 0.3 is 0 Å². The monoisotopic (exact) mass is 328 g/mol. The van der Waals surface area contributed by atoms with Crippen LogP contribution in [0.3, 0.4) is 0 Å². The van der Waals surface area contributed by atoms with E-state index in [1.165, 1.54) is 10.4 Å². The lowest BCUT2D eigenvalue weighted by atomic mass is 9.86. The molecule has 3 nitrogen and oxygen atoms in total. The third kappa shape index (κ3) is 3.48. The zero-order valence-corrected chi connectivity index (χ0v) is 14.8. The van der Waals surface area contributed by atoms with Gasteiger partial charge < -0.3 is 10.2 Å². The molecular formula is C19H24N2OS. The first kappa shape index (κ1) is 16.2. The Morgan fingerprint density at radius 2 is 2.04 bits per heavy atom. The molecule has 3 rings (SSSR count). The number of carbonyl (C=O) groups excluding carboxylic acids is 1. The predicted octanol–water partition coefficient (Wildman–Crippen LogP) is 4.01. The van der Waals surface area contributed by atoms with Crippen LogP contribution in [-0.2, 0) is 11.2 Å². The fourth-order valence-corrected chi connectivity index (χ4v) is 4.22. The molecule has 1 N–H and O–H groups in total. The fraction of sp³-hybridized carbons (Fsp3) is 0.421. The first-order valence-corrected chi connectivity index (χ1v) is 9.00. The third-order valence-electron chi connectivity index (χ3n) is 4.34. The van der Waals surface area contributed by atoms with E-state index < -0.39 is 0 Å². The highest BCUT2D eigenvalue weighted by atomic mass is 32.1. The molecule has 1 aliphatic rings. The fourth-order valence-electron chi connectivity index (χ4n) is 3.17. The minimum Gasteiger partial charge on any atom is -0.311 e. The third-order valence-corrected chi connectivity index (χ3v) is 5.28. The molecule has 4 heteroatoms. The lowest BCUT2D eigenvalue weighted by Gasteiger charge is -2.31. The summed E-state index contributed by atoms with van der Waals surface area (Å²) in [6, 6.07) is 12.6. The Hall–Kier alpha value is -1.65. The number of hydrogen-bond acceptors (Lipinski definition) is 3. The van der Waals surface area contributed by atoms with Gasteiger partial charge in [0.15, 0.2) is 0 Å². The van der Waals surface area contributed by atoms with Crippen molar-refractivity contribution in [3.63, 3.8) is 0 Å². The average molecular weight is 328 g/mol. The quantitative estimate of drug-likeness (QED) is 0.919. The molecule has 1 aliphatic heterocycles. The van der Waals surface area contributed by atoms with Gasteiger partial charge in [-0.1, -0.05) is 45.0 Å². The highest BCUT2D eigenvalue weighted by Crippen LogP contribution is 2.35. The molecule has 1 atom stereocenters. The van der Waals surface area contributed by atoms with Crippen LogP contribution in [0.1, 0.15) is 37.3 Å². The van der Waals surface area contributed by atoms with E-state index in [-0.39, 0.29) is 17.4 Å². The molecule has 1 amide bonds. The highest BCUT2D eigenvalue weighted by molar-refractivity contribution is 7.10. The van der Waals surface area contributed by atoms with Crippen LogP contribution in [0.4, 0.5) is 5.69 Å². The lowest BCUT2D eigenvalue weighted by Crippen LogP contribution is -2.41. The van der Waals surface area contributed by atoms with Gasteiger partial charge in [-0.25, -0.2) is 0 Å². The normalized spacial score (nSPS) is 15.5. The van der Waals surface area contributed by atoms with Gasteiger partial charge in [0.05, 0.1) is 6.54 Å². The number of para-hydroxylation sites is 1. The molecule has 23 heavy (non-hydrogen) atoms. The molecule has 0 saturated carbocycles. The van der Waals surface area contributed by atoms with E-state index in [9.17, 15) is 4.79 Å². The largest absolute Gasteiger partial charge is 0.311 e. The summed E-state index contributed by atoms with van der Waals surface area (Å²) in [7, 11) is 0. The van der Waals surface area contributed by atoms with Crippen molar-refractivity contribution in [3.8, 4) is 0 Å². The Bertz CT molecular complexity index is 673. The number of anilines is 1. The van der Waals surface area contributed by atoms with Crippen LogP contribution in [0, 0.1) is 5.41 Å². The standard InChI is InChI=1S/C19H24N2OS/c1-19(2,3)18(16-9-6-12-23-16)20-13-17(22)21-11-10-14-7-4-5-8-15(14)21/h4-9,12,18,20H,10-11,13H2,1-3H3/t18-/m1/s1. The maximum Gasteiger partial charge on any atom is 0.240 e. The summed E-state index contributed by atoms with van der Waals surface area (Å²) in [6.07, 6.45) is 0.954. The number of amides is 1. The molecule has 1 aromatic heterocycles. The maximum atomic E-state index is 12.7. The Labute approximate surface area is 142 Å². The second-order valence-electron chi connectivity index (χ2n) is 7.12. The van der Waals surface area contributed by atoms with Gasteiger partial charge in [0.2, 0.25) is 5.91 Å². The SMILES string of the molecule is CC(C)(C)[C@H](NCC(=O)N1CCc2ccccc21)c1cccs1. The van der Waals surface area contributed by atoms with Crippen LogP contribution in [0.15, 0.2) is 41.8 Å². The Kier molecular flexibility index (Phi) is 4.55. The van der Waals surface area contributed by atoms with E-state index >= 15 is 0 Å². The highest BCUT2D eigenvalue weighted by Gasteiger charge is 2.29. The van der Waals surface area contributed by atoms with Gasteiger partial charge in [-0.2, -0.15) is 0 Å². The molecule has 0 fully saturated rings. The number of carbonyl (C=O) groups is 1. The lowest BCUT2D eigenvalue weighted by molar-refractivity contribution is -0.117. The van der Waals surface area contributed by atoms with Gasteiger partial charge in [-0.15, -0.1) is 11.3 Å². The maximum absolute atomic E-state index is 12.7. The van der Waals surface area contributed by atoms with Crippen molar-refractivity contribution in [3.05, 3.63) is 52.2 Å². The van der Waals surface area contributed by atoms with Crippen LogP contribution in [0.25, 0.3) is 0 Å². The zero-order chi connectivity index (χ0) is 16.4. The van der Waals surface area contributed by atoms with Gasteiger partial charge in [-0.3, -0.25) is 4.79 Å². The minimum absolute atomic E-state index is 0.0635. The number of fused-ring (bicyclic) bond motifs is 1. The predicted molar refractivity (Wildman–Crippen MR) is 97.0 cm³/mol. The summed E-state index contributed by atoms with van der Waals surface area (Å²) in [5.74, 6) is 0.153. The van der Waals surface area contributed by atoms with E-state index in [1.807, 2.05) is 23.1 Å². The van der Waals surface area contributed by atoms with Crippen molar-refractivity contribution < 1.29 is 4.79 Å². The smallest absolute Gasteiger partial charge is 0.240 e. The van der Waals surface area contributed by atoms with Crippen molar-refractivity contribution in [2.24, 2.45) is 5.41 Å². The summed E-state index contributed by atoms with van der Waals surface area (Å²) < 4.78 is 0. The van der Waals surface area contributed by atoms with E-state index in [0.717, 1.165) is 18.7 Å². The van der Waals surface area contributed by atoms with E-state index in [4.69, 9.17) is 0 Å². The first-order chi connectivity index (χ1) is 11.0. The van der Waals surface area contributed by atoms with Gasteiger partial charge in [0.25, 0.3) is 0 Å². The molecule has 1 aromatic carbocycles. The first-order valence-electron chi connectivity index (χ1n) is 8.12. The van der Waals surface area contributed by atoms with E-state index in [2.05, 4.69) is 49.7 Å². The summed E-state index contributed by atoms with van der Waals surface area (Å²) in [4.78, 5) is 15.9. The summed E-state index contributed by atoms with van der Waals surface area (Å²) in [5.41, 5.74) is 2.41. The molecule has 122 valence electrons. The molecular weight excluding hydrogens is 304 g/mol. The van der Waals surface area contributed by atoms with Gasteiger partial charge in [0, 0.05) is 23.2 Å². The summed E-state index contributed by atoms with van der Waals surface area (Å²) in [5, 5.41) is 5.58. The number of thiophene rings is 1. The van der Waals surface area contributed by atoms with E-state index in [0.29, 0.717) is 6.54 Å². The van der Waals surface area contributed by atoms with E-state index in [1.54, 1.807) is 11.3 Å². The molecule has 2 aromatic rings. The molecule has 2 heterocycles. The van der Waals surface area contributed by atoms with Crippen LogP contribution in [0.5, 0.6) is 0 Å². The average Bonchev–Trinajstić information content (AvgIpc) is 3.15. The van der Waals surface area contributed by atoms with Crippen LogP contribution < -0.4 is 10.2 Å². The molecule has 0 radical (unpaired) electrons. The summed E-state index contributed by atoms with van der Waals surface area (Å²) in [6.45, 7) is 7.78. The van der Waals surface area contributed by atoms with Crippen molar-refractivity contribution >= 4 is 22.9 Å². The molecule has 0 aliphatic carbocycles. The van der Waals surface area contributed by atoms with Crippen molar-refractivity contribution in [1.29, 1.82) is 0 Å². The second-order valence-corrected chi connectivity index (χ2v) is 8.10. The summed E-state index contributed by atoms with van der Waals surface area (Å²) >= 11 is 1.74. The van der Waals surface area contributed by atoms with Crippen LogP contribution in [-0.4, -0.2) is 19.0 Å². The zero-order valence-electron chi connectivity index (χ0n) is 14.0. The minimum atomic E-state index is 0.0635. The Morgan fingerprint density at radius 1 is 1.26 bits per heavy atom. The second kappa shape index (κ2) is 6.46. The van der Waals surface area contributed by atoms with Gasteiger partial charge in [-0.05, 0) is 34.9 Å². The number of rotatable bonds is 4. The number of nitrogens with one attached hydrogen (secondary N) is 1. The number of benzene rings is 1. The van der Waals surface area contributed by atoms with Gasteiger partial charge in [0.1, 0.15) is 0 Å². The number of nitrogens with zero attached hydrogens (tertiary/aromatic N) is 1. The Balaban J connectivity index is 1.69. The molecule has 0 spiro atoms. The molecule has 0 unspecified atom stereocenters. The molecule has 0 saturated heterocycles. The van der Waals surface area contributed by atoms with Crippen LogP contribution in [0.2, 0.25) is 0 Å². The van der Waals surface area contributed by atoms with Crippen molar-refractivity contribution in [1.82, 2.24) is 5.32 Å². The van der Waals surface area contributed by atoms with Crippen LogP contribution >= 0.6 is 11.3 Å². The Morgan fingerprint density at radius 3 is 2.74 bits per heavy atom.